The van der Waals surface area contributed by atoms with Crippen LogP contribution in [-0.4, -0.2) is 55.4 Å². The van der Waals surface area contributed by atoms with E-state index in [2.05, 4.69) is 54.2 Å². The number of aliphatic hydroxyl groups is 1. The van der Waals surface area contributed by atoms with Gasteiger partial charge in [-0.15, -0.1) is 24.0 Å². The van der Waals surface area contributed by atoms with Crippen LogP contribution < -0.4 is 5.32 Å². The molecule has 5 nitrogen and oxygen atoms in total. The highest BCUT2D eigenvalue weighted by Gasteiger charge is 2.25. The van der Waals surface area contributed by atoms with Crippen LogP contribution >= 0.6 is 24.0 Å². The fraction of sp³-hybridized carbons (Fsp3) is 0.632. The number of hydrogen-bond donors (Lipinski definition) is 2. The van der Waals surface area contributed by atoms with Gasteiger partial charge in [-0.2, -0.15) is 0 Å². The Labute approximate surface area is 168 Å². The third kappa shape index (κ3) is 6.42. The predicted octanol–water partition coefficient (Wildman–Crippen LogP) is 2.89. The largest absolute Gasteiger partial charge is 0.396 e. The van der Waals surface area contributed by atoms with Crippen molar-refractivity contribution in [3.05, 3.63) is 34.9 Å². The van der Waals surface area contributed by atoms with Gasteiger partial charge in [-0.25, -0.2) is 0 Å². The van der Waals surface area contributed by atoms with Crippen LogP contribution in [0.15, 0.2) is 23.2 Å². The second-order valence-electron chi connectivity index (χ2n) is 6.65. The molecule has 6 heteroatoms. The summed E-state index contributed by atoms with van der Waals surface area (Å²) >= 11 is 0. The van der Waals surface area contributed by atoms with Crippen LogP contribution in [0.4, 0.5) is 0 Å². The van der Waals surface area contributed by atoms with Crippen molar-refractivity contribution in [2.24, 2.45) is 10.9 Å². The second-order valence-corrected chi connectivity index (χ2v) is 6.65. The Balaban J connectivity index is 0.00000312. The van der Waals surface area contributed by atoms with E-state index in [9.17, 15) is 5.11 Å². The monoisotopic (exact) mass is 461 g/mol. The van der Waals surface area contributed by atoms with Crippen LogP contribution in [0.25, 0.3) is 0 Å². The Kier molecular flexibility index (Phi) is 9.74. The van der Waals surface area contributed by atoms with Crippen LogP contribution in [-0.2, 0) is 4.74 Å². The first kappa shape index (κ1) is 22.2. The molecule has 1 fully saturated rings. The summed E-state index contributed by atoms with van der Waals surface area (Å²) in [6, 6.07) is 6.53. The average molecular weight is 461 g/mol. The minimum Gasteiger partial charge on any atom is -0.396 e. The number of benzene rings is 1. The van der Waals surface area contributed by atoms with Gasteiger partial charge in [0.25, 0.3) is 0 Å². The third-order valence-electron chi connectivity index (χ3n) is 4.34. The highest BCUT2D eigenvalue weighted by Crippen LogP contribution is 2.25. The number of aryl methyl sites for hydroxylation is 2. The van der Waals surface area contributed by atoms with Crippen LogP contribution in [0.1, 0.15) is 36.6 Å². The minimum absolute atomic E-state index is 0. The molecule has 2 unspecified atom stereocenters. The Morgan fingerprint density at radius 3 is 2.84 bits per heavy atom. The standard InChI is InChI=1S/C19H31N3O2.HI/c1-5-20-19(21-11-15(3)13-23)22-8-9-24-18(12-22)17-7-6-14(2)10-16(17)4;/h6-7,10,15,18,23H,5,8-9,11-13H2,1-4H3,(H,20,21);1H. The van der Waals surface area contributed by atoms with Crippen LogP contribution in [0, 0.1) is 19.8 Å². The molecule has 0 aliphatic carbocycles. The number of nitrogens with zero attached hydrogens (tertiary/aromatic N) is 2. The molecule has 0 aromatic heterocycles. The molecule has 25 heavy (non-hydrogen) atoms. The number of nitrogens with one attached hydrogen (secondary N) is 1. The first-order chi connectivity index (χ1) is 11.5. The minimum atomic E-state index is 0. The summed E-state index contributed by atoms with van der Waals surface area (Å²) in [5.41, 5.74) is 3.80. The van der Waals surface area contributed by atoms with Crippen molar-refractivity contribution in [1.82, 2.24) is 10.2 Å². The van der Waals surface area contributed by atoms with Gasteiger partial charge in [-0.3, -0.25) is 4.99 Å². The number of morpholine rings is 1. The van der Waals surface area contributed by atoms with Crippen LogP contribution in [0.3, 0.4) is 0 Å². The number of halogens is 1. The molecule has 1 heterocycles. The Hall–Kier alpha value is -0.860. The second kappa shape index (κ2) is 11.0. The topological polar surface area (TPSA) is 57.1 Å². The lowest BCUT2D eigenvalue weighted by molar-refractivity contribution is -0.00836. The van der Waals surface area contributed by atoms with E-state index >= 15 is 0 Å². The zero-order valence-electron chi connectivity index (χ0n) is 15.8. The van der Waals surface area contributed by atoms with Crippen LogP contribution in [0.2, 0.25) is 0 Å². The number of rotatable bonds is 5. The number of aliphatic imine (C=N–C) groups is 1. The smallest absolute Gasteiger partial charge is 0.194 e. The van der Waals surface area contributed by atoms with Gasteiger partial charge in [0.2, 0.25) is 0 Å². The Bertz CT molecular complexity index is 566. The first-order valence-electron chi connectivity index (χ1n) is 8.88. The maximum absolute atomic E-state index is 9.21. The van der Waals surface area contributed by atoms with Crippen molar-refractivity contribution >= 4 is 29.9 Å². The van der Waals surface area contributed by atoms with Gasteiger partial charge >= 0.3 is 0 Å². The molecule has 1 saturated heterocycles. The fourth-order valence-electron chi connectivity index (χ4n) is 2.94. The average Bonchev–Trinajstić information content (AvgIpc) is 2.58. The molecule has 0 bridgehead atoms. The maximum Gasteiger partial charge on any atom is 0.194 e. The number of guanidine groups is 1. The predicted molar refractivity (Wildman–Crippen MR) is 114 cm³/mol. The van der Waals surface area contributed by atoms with E-state index in [4.69, 9.17) is 4.74 Å². The van der Waals surface area contributed by atoms with E-state index in [1.54, 1.807) is 0 Å². The van der Waals surface area contributed by atoms with E-state index < -0.39 is 0 Å². The van der Waals surface area contributed by atoms with Gasteiger partial charge in [0, 0.05) is 26.2 Å². The van der Waals surface area contributed by atoms with Crippen LogP contribution in [0.5, 0.6) is 0 Å². The molecule has 2 N–H and O–H groups in total. The first-order valence-corrected chi connectivity index (χ1v) is 8.88. The van der Waals surface area contributed by atoms with Gasteiger partial charge < -0.3 is 20.1 Å². The quantitative estimate of drug-likeness (QED) is 0.402. The summed E-state index contributed by atoms with van der Waals surface area (Å²) in [5.74, 6) is 1.09. The highest BCUT2D eigenvalue weighted by atomic mass is 127. The van der Waals surface area contributed by atoms with Gasteiger partial charge in [0.15, 0.2) is 5.96 Å². The Morgan fingerprint density at radius 1 is 1.44 bits per heavy atom. The van der Waals surface area contributed by atoms with Crippen molar-refractivity contribution in [2.75, 3.05) is 39.4 Å². The fourth-order valence-corrected chi connectivity index (χ4v) is 2.94. The number of hydrogen-bond acceptors (Lipinski definition) is 3. The third-order valence-corrected chi connectivity index (χ3v) is 4.34. The summed E-state index contributed by atoms with van der Waals surface area (Å²) in [4.78, 5) is 6.95. The molecule has 0 amide bonds. The summed E-state index contributed by atoms with van der Waals surface area (Å²) in [7, 11) is 0. The lowest BCUT2D eigenvalue weighted by Crippen LogP contribution is -2.48. The van der Waals surface area contributed by atoms with Gasteiger partial charge in [0.05, 0.1) is 13.2 Å². The normalized spacial score (nSPS) is 19.3. The molecule has 142 valence electrons. The molecule has 0 spiro atoms. The molecule has 2 rings (SSSR count). The SMILES string of the molecule is CCNC(=NCC(C)CO)N1CCOC(c2ccc(C)cc2C)C1.I. The molecule has 2 atom stereocenters. The summed E-state index contributed by atoms with van der Waals surface area (Å²) in [6.07, 6.45) is 0.0680. The summed E-state index contributed by atoms with van der Waals surface area (Å²) < 4.78 is 6.03. The van der Waals surface area contributed by atoms with Gasteiger partial charge in [0.1, 0.15) is 6.10 Å². The van der Waals surface area contributed by atoms with E-state index in [0.717, 1.165) is 25.6 Å². The molecular formula is C19H32IN3O2. The summed E-state index contributed by atoms with van der Waals surface area (Å²) in [5, 5.41) is 12.6. The molecular weight excluding hydrogens is 429 g/mol. The molecule has 1 aromatic carbocycles. The maximum atomic E-state index is 9.21. The molecule has 1 aromatic rings. The van der Waals surface area contributed by atoms with E-state index in [1.807, 2.05) is 6.92 Å². The zero-order valence-corrected chi connectivity index (χ0v) is 18.1. The van der Waals surface area contributed by atoms with E-state index in [-0.39, 0.29) is 42.6 Å². The summed E-state index contributed by atoms with van der Waals surface area (Å²) in [6.45, 7) is 12.3. The van der Waals surface area contributed by atoms with Gasteiger partial charge in [-0.05, 0) is 37.8 Å². The molecule has 0 saturated carbocycles. The highest BCUT2D eigenvalue weighted by molar-refractivity contribution is 14.0. The molecule has 1 aliphatic rings. The van der Waals surface area contributed by atoms with Crippen molar-refractivity contribution < 1.29 is 9.84 Å². The van der Waals surface area contributed by atoms with Crippen molar-refractivity contribution in [3.63, 3.8) is 0 Å². The van der Waals surface area contributed by atoms with Crippen molar-refractivity contribution in [1.29, 1.82) is 0 Å². The van der Waals surface area contributed by atoms with Crippen molar-refractivity contribution in [2.45, 2.75) is 33.8 Å². The number of aliphatic hydroxyl groups excluding tert-OH is 1. The Morgan fingerprint density at radius 2 is 2.20 bits per heavy atom. The van der Waals surface area contributed by atoms with Crippen molar-refractivity contribution in [3.8, 4) is 0 Å². The lowest BCUT2D eigenvalue weighted by Gasteiger charge is -2.36. The zero-order chi connectivity index (χ0) is 17.5. The molecule has 0 radical (unpaired) electrons. The van der Waals surface area contributed by atoms with E-state index in [1.165, 1.54) is 16.7 Å². The molecule has 1 aliphatic heterocycles. The van der Waals surface area contributed by atoms with E-state index in [0.29, 0.717) is 13.2 Å². The lowest BCUT2D eigenvalue weighted by atomic mass is 10.00. The number of ether oxygens (including phenoxy) is 1. The van der Waals surface area contributed by atoms with Gasteiger partial charge in [-0.1, -0.05) is 30.7 Å².